The highest BCUT2D eigenvalue weighted by Gasteiger charge is 2.07. The van der Waals surface area contributed by atoms with Gasteiger partial charge in [-0.05, 0) is 43.5 Å². The maximum atomic E-state index is 5.69. The Kier molecular flexibility index (Phi) is 10.6. The van der Waals surface area contributed by atoms with Crippen LogP contribution in [0, 0.1) is 0 Å². The summed E-state index contributed by atoms with van der Waals surface area (Å²) in [5.41, 5.74) is 3.91. The van der Waals surface area contributed by atoms with E-state index in [0.29, 0.717) is 46.2 Å². The van der Waals surface area contributed by atoms with Crippen LogP contribution in [0.5, 0.6) is 0 Å². The Bertz CT molecular complexity index is 1080. The van der Waals surface area contributed by atoms with Gasteiger partial charge in [-0.3, -0.25) is 9.68 Å². The van der Waals surface area contributed by atoms with Crippen molar-refractivity contribution in [3.05, 3.63) is 48.5 Å². The minimum Gasteiger partial charge on any atom is -0.379 e. The third kappa shape index (κ3) is 7.77. The van der Waals surface area contributed by atoms with Crippen LogP contribution < -0.4 is 0 Å². The summed E-state index contributed by atoms with van der Waals surface area (Å²) in [6, 6.07) is 15.9. The fourth-order valence-corrected chi connectivity index (χ4v) is 3.75. The van der Waals surface area contributed by atoms with E-state index in [0.717, 1.165) is 54.4 Å². The molecule has 0 aliphatic carbocycles. The first kappa shape index (κ1) is 26.1. The van der Waals surface area contributed by atoms with Crippen LogP contribution in [-0.4, -0.2) is 81.4 Å². The average Bonchev–Trinajstić information content (AvgIpc) is 3.51. The minimum atomic E-state index is 0.430. The molecule has 0 saturated heterocycles. The zero-order chi connectivity index (χ0) is 24.8. The van der Waals surface area contributed by atoms with Gasteiger partial charge in [-0.2, -0.15) is 0 Å². The smallest absolute Gasteiger partial charge is 0.113 e. The highest BCUT2D eigenvalue weighted by molar-refractivity contribution is 5.74. The lowest BCUT2D eigenvalue weighted by atomic mass is 10.3. The van der Waals surface area contributed by atoms with Crippen LogP contribution in [0.1, 0.15) is 26.2 Å². The van der Waals surface area contributed by atoms with Gasteiger partial charge in [0.1, 0.15) is 11.0 Å². The molecule has 0 atom stereocenters. The second-order valence-corrected chi connectivity index (χ2v) is 8.26. The molecule has 0 spiro atoms. The second-order valence-electron chi connectivity index (χ2n) is 8.26. The molecule has 4 aromatic rings. The van der Waals surface area contributed by atoms with E-state index in [1.807, 2.05) is 57.9 Å². The van der Waals surface area contributed by atoms with E-state index in [1.54, 1.807) is 0 Å². The number of aryl methyl sites for hydroxylation is 2. The van der Waals surface area contributed by atoms with E-state index >= 15 is 0 Å². The monoisotopic (exact) mass is 497 g/mol. The summed E-state index contributed by atoms with van der Waals surface area (Å²) in [6.45, 7) is 7.40. The summed E-state index contributed by atoms with van der Waals surface area (Å²) in [6.07, 6.45) is 2.62. The Labute approximate surface area is 210 Å². The quantitative estimate of drug-likeness (QED) is 0.151. The summed E-state index contributed by atoms with van der Waals surface area (Å²) in [7, 11) is 0. The molecule has 0 aliphatic rings. The molecule has 0 amide bonds. The van der Waals surface area contributed by atoms with Gasteiger partial charge in [0.05, 0.1) is 44.0 Å². The number of nitrogens with zero attached hydrogens (tertiary/aromatic N) is 7. The van der Waals surface area contributed by atoms with Crippen molar-refractivity contribution >= 4 is 22.1 Å². The zero-order valence-electron chi connectivity index (χ0n) is 20.9. The van der Waals surface area contributed by atoms with Crippen LogP contribution in [0.3, 0.4) is 0 Å². The van der Waals surface area contributed by atoms with Crippen LogP contribution in [0.25, 0.3) is 22.1 Å². The topological polar surface area (TPSA) is 102 Å². The summed E-state index contributed by atoms with van der Waals surface area (Å²) in [5.74, 6) is 0. The molecular weight excluding hydrogens is 462 g/mol. The molecule has 11 nitrogen and oxygen atoms in total. The Balaban J connectivity index is 1.01. The number of fused-ring (bicyclic) bond motifs is 2. The Hall–Kier alpha value is -2.96. The highest BCUT2D eigenvalue weighted by atomic mass is 16.9. The van der Waals surface area contributed by atoms with Crippen molar-refractivity contribution in [2.45, 2.75) is 39.3 Å². The zero-order valence-corrected chi connectivity index (χ0v) is 20.9. The molecule has 2 heterocycles. The van der Waals surface area contributed by atoms with Gasteiger partial charge >= 0.3 is 0 Å². The summed E-state index contributed by atoms with van der Waals surface area (Å²) < 4.78 is 15.2. The van der Waals surface area contributed by atoms with Gasteiger partial charge in [0.2, 0.25) is 0 Å². The van der Waals surface area contributed by atoms with E-state index < -0.39 is 0 Å². The fraction of sp³-hybridized carbons (Fsp3) is 0.520. The molecule has 2 aromatic heterocycles. The summed E-state index contributed by atoms with van der Waals surface area (Å²) in [5, 5.41) is 18.2. The average molecular weight is 498 g/mol. The molecular formula is C25H35N7O4. The normalized spacial score (nSPS) is 11.8. The lowest BCUT2D eigenvalue weighted by Crippen LogP contribution is -2.28. The predicted molar refractivity (Wildman–Crippen MR) is 135 cm³/mol. The fourth-order valence-electron chi connectivity index (χ4n) is 3.75. The van der Waals surface area contributed by atoms with E-state index in [2.05, 4.69) is 27.5 Å². The SMILES string of the molecule is CCCN(OCCOCCCn1nnc2ccccc21)OCCOCCCn1nnc2ccccc21. The van der Waals surface area contributed by atoms with Crippen LogP contribution in [-0.2, 0) is 32.2 Å². The third-order valence-electron chi connectivity index (χ3n) is 5.49. The first-order chi connectivity index (χ1) is 17.8. The molecule has 0 N–H and O–H groups in total. The summed E-state index contributed by atoms with van der Waals surface area (Å²) in [4.78, 5) is 11.4. The van der Waals surface area contributed by atoms with Crippen molar-refractivity contribution in [3.63, 3.8) is 0 Å². The molecule has 0 saturated carbocycles. The summed E-state index contributed by atoms with van der Waals surface area (Å²) >= 11 is 0. The van der Waals surface area contributed by atoms with Crippen molar-refractivity contribution in [2.75, 3.05) is 46.2 Å². The number of hydrogen-bond donors (Lipinski definition) is 0. The molecule has 2 aromatic carbocycles. The molecule has 11 heteroatoms. The molecule has 4 rings (SSSR count). The van der Waals surface area contributed by atoms with Gasteiger partial charge in [-0.15, -0.1) is 10.2 Å². The first-order valence-electron chi connectivity index (χ1n) is 12.6. The standard InChI is InChI=1S/C25H35N7O4/c1-2-13-32(35-20-18-33-16-7-14-30-24-11-5-3-9-22(24)26-28-30)36-21-19-34-17-8-15-31-25-12-6-4-10-23(25)27-29-31/h3-6,9-12H,2,7-8,13-21H2,1H3. The molecule has 194 valence electrons. The van der Waals surface area contributed by atoms with Crippen LogP contribution in [0.2, 0.25) is 0 Å². The van der Waals surface area contributed by atoms with Crippen molar-refractivity contribution in [1.82, 2.24) is 35.2 Å². The van der Waals surface area contributed by atoms with Crippen molar-refractivity contribution < 1.29 is 19.1 Å². The van der Waals surface area contributed by atoms with Crippen LogP contribution >= 0.6 is 0 Å². The van der Waals surface area contributed by atoms with Gasteiger partial charge in [0.25, 0.3) is 0 Å². The van der Waals surface area contributed by atoms with E-state index in [1.165, 1.54) is 5.23 Å². The van der Waals surface area contributed by atoms with Crippen molar-refractivity contribution in [3.8, 4) is 0 Å². The number of hydrogen-bond acceptors (Lipinski definition) is 9. The molecule has 0 aliphatic heterocycles. The van der Waals surface area contributed by atoms with E-state index in [9.17, 15) is 0 Å². The lowest BCUT2D eigenvalue weighted by Gasteiger charge is -2.20. The lowest BCUT2D eigenvalue weighted by molar-refractivity contribution is -0.372. The molecule has 0 radical (unpaired) electrons. The van der Waals surface area contributed by atoms with E-state index in [-0.39, 0.29) is 0 Å². The second kappa shape index (κ2) is 14.6. The highest BCUT2D eigenvalue weighted by Crippen LogP contribution is 2.11. The largest absolute Gasteiger partial charge is 0.379 e. The van der Waals surface area contributed by atoms with Gasteiger partial charge in [0.15, 0.2) is 0 Å². The molecule has 0 bridgehead atoms. The number of hydroxylamine groups is 2. The maximum Gasteiger partial charge on any atom is 0.113 e. The van der Waals surface area contributed by atoms with Crippen LogP contribution in [0.15, 0.2) is 48.5 Å². The minimum absolute atomic E-state index is 0.430. The number of rotatable bonds is 18. The van der Waals surface area contributed by atoms with Crippen LogP contribution in [0.4, 0.5) is 0 Å². The molecule has 0 fully saturated rings. The number of aromatic nitrogens is 6. The van der Waals surface area contributed by atoms with Gasteiger partial charge in [0, 0.05) is 26.3 Å². The maximum absolute atomic E-state index is 5.69. The Morgan fingerprint density at radius 1 is 0.667 bits per heavy atom. The first-order valence-corrected chi connectivity index (χ1v) is 12.6. The number of ether oxygens (including phenoxy) is 2. The Morgan fingerprint density at radius 2 is 1.17 bits per heavy atom. The molecule has 36 heavy (non-hydrogen) atoms. The molecule has 0 unspecified atom stereocenters. The Morgan fingerprint density at radius 3 is 1.67 bits per heavy atom. The van der Waals surface area contributed by atoms with Crippen molar-refractivity contribution in [2.24, 2.45) is 0 Å². The van der Waals surface area contributed by atoms with Gasteiger partial charge < -0.3 is 9.47 Å². The van der Waals surface area contributed by atoms with Gasteiger partial charge in [-0.1, -0.05) is 46.8 Å². The van der Waals surface area contributed by atoms with E-state index in [4.69, 9.17) is 19.1 Å². The van der Waals surface area contributed by atoms with Gasteiger partial charge in [-0.25, -0.2) is 9.36 Å². The predicted octanol–water partition coefficient (Wildman–Crippen LogP) is 3.26. The van der Waals surface area contributed by atoms with Crippen molar-refractivity contribution in [1.29, 1.82) is 0 Å². The number of para-hydroxylation sites is 2. The number of benzene rings is 2. The third-order valence-corrected chi connectivity index (χ3v) is 5.49.